The Morgan fingerprint density at radius 1 is 1.02 bits per heavy atom. The first-order chi connectivity index (χ1) is 26.9. The maximum Gasteiger partial charge on any atom is 0.264 e. The molecule has 0 unspecified atom stereocenters. The number of rotatable bonds is 10. The van der Waals surface area contributed by atoms with Crippen LogP contribution in [0.25, 0.3) is 10.9 Å². The molecule has 1 fully saturated rings. The van der Waals surface area contributed by atoms with Crippen molar-refractivity contribution >= 4 is 48.3 Å². The molecule has 3 aliphatic rings. The van der Waals surface area contributed by atoms with Gasteiger partial charge in [0.25, 0.3) is 5.91 Å². The number of methoxy groups -OCH3 is 1. The minimum atomic E-state index is -3.05. The van der Waals surface area contributed by atoms with E-state index in [1.54, 1.807) is 16.9 Å². The molecule has 12 heteroatoms. The third-order valence-corrected chi connectivity index (χ3v) is 14.6. The van der Waals surface area contributed by atoms with Crippen molar-refractivity contribution in [2.24, 2.45) is 5.92 Å². The van der Waals surface area contributed by atoms with Crippen molar-refractivity contribution in [2.75, 3.05) is 23.9 Å². The molecule has 3 aliphatic heterocycles. The van der Waals surface area contributed by atoms with Crippen molar-refractivity contribution in [1.29, 1.82) is 0 Å². The molecule has 0 bridgehead atoms. The van der Waals surface area contributed by atoms with Crippen molar-refractivity contribution in [3.8, 4) is 5.75 Å². The highest BCUT2D eigenvalue weighted by Crippen LogP contribution is 2.60. The van der Waals surface area contributed by atoms with Crippen LogP contribution in [0.5, 0.6) is 5.75 Å². The number of aliphatic hydroxyl groups is 1. The highest BCUT2D eigenvalue weighted by Gasteiger charge is 2.66. The lowest BCUT2D eigenvalue weighted by Gasteiger charge is -2.37. The van der Waals surface area contributed by atoms with Gasteiger partial charge >= 0.3 is 0 Å². The van der Waals surface area contributed by atoms with Gasteiger partial charge in [0.15, 0.2) is 13.9 Å². The Morgan fingerprint density at radius 2 is 1.75 bits per heavy atom. The van der Waals surface area contributed by atoms with Crippen molar-refractivity contribution in [3.05, 3.63) is 125 Å². The van der Waals surface area contributed by atoms with Crippen LogP contribution in [0.2, 0.25) is 18.6 Å². The number of anilines is 2. The van der Waals surface area contributed by atoms with Crippen LogP contribution in [0.4, 0.5) is 11.4 Å². The van der Waals surface area contributed by atoms with Crippen LogP contribution in [0.3, 0.4) is 0 Å². The average Bonchev–Trinajstić information content (AvgIpc) is 3.81. The fourth-order valence-electron chi connectivity index (χ4n) is 9.40. The van der Waals surface area contributed by atoms with Gasteiger partial charge in [-0.1, -0.05) is 61.5 Å². The van der Waals surface area contributed by atoms with E-state index in [1.807, 2.05) is 117 Å². The maximum absolute atomic E-state index is 15.0. The van der Waals surface area contributed by atoms with Gasteiger partial charge in [0, 0.05) is 46.4 Å². The van der Waals surface area contributed by atoms with Crippen LogP contribution in [0.1, 0.15) is 41.2 Å². The third-order valence-electron chi connectivity index (χ3n) is 12.1. The van der Waals surface area contributed by atoms with Crippen LogP contribution in [-0.2, 0) is 50.7 Å². The van der Waals surface area contributed by atoms with Gasteiger partial charge in [0.1, 0.15) is 5.75 Å². The number of H-pyrrole nitrogens is 1. The van der Waals surface area contributed by atoms with Crippen LogP contribution < -0.4 is 15.0 Å². The molecule has 0 aliphatic carbocycles. The molecule has 4 aromatic carbocycles. The molecular weight excluding hydrogens is 725 g/mol. The zero-order valence-electron chi connectivity index (χ0n) is 32.1. The molecule has 8 rings (SSSR count). The number of benzene rings is 4. The Balaban J connectivity index is 1.04. The van der Waals surface area contributed by atoms with Gasteiger partial charge in [-0.25, -0.2) is 0 Å². The molecule has 0 saturated carbocycles. The topological polar surface area (TPSA) is 144 Å². The van der Waals surface area contributed by atoms with E-state index >= 15 is 4.79 Å². The maximum atomic E-state index is 15.0. The summed E-state index contributed by atoms with van der Waals surface area (Å²) in [5.74, 6) is -0.485. The fraction of sp³-hybridized carbons (Fsp3) is 0.341. The highest BCUT2D eigenvalue weighted by molar-refractivity contribution is 6.71. The molecular formula is C44H48N4O7Si. The number of ether oxygens (including phenoxy) is 2. The summed E-state index contributed by atoms with van der Waals surface area (Å²) >= 11 is 0. The second-order valence-electron chi connectivity index (χ2n) is 16.0. The molecule has 290 valence electrons. The average molecular weight is 773 g/mol. The zero-order chi connectivity index (χ0) is 39.4. The van der Waals surface area contributed by atoms with E-state index in [2.05, 4.69) is 10.3 Å². The van der Waals surface area contributed by atoms with Gasteiger partial charge in [-0.3, -0.25) is 14.4 Å². The number of hydrogen-bond donors (Lipinski definition) is 4. The molecule has 56 heavy (non-hydrogen) atoms. The van der Waals surface area contributed by atoms with E-state index in [1.165, 1.54) is 0 Å². The minimum absolute atomic E-state index is 0.0352. The number of para-hydroxylation sites is 1. The van der Waals surface area contributed by atoms with Gasteiger partial charge < -0.3 is 39.5 Å². The minimum Gasteiger partial charge on any atom is -0.497 e. The smallest absolute Gasteiger partial charge is 0.264 e. The first kappa shape index (κ1) is 37.6. The number of amides is 3. The Kier molecular flexibility index (Phi) is 9.86. The van der Waals surface area contributed by atoms with Crippen LogP contribution in [0, 0.1) is 5.92 Å². The van der Waals surface area contributed by atoms with Crippen molar-refractivity contribution < 1.29 is 33.8 Å². The normalized spacial score (nSPS) is 23.1. The fourth-order valence-corrected chi connectivity index (χ4v) is 12.0. The number of hydrogen-bond acceptors (Lipinski definition) is 7. The van der Waals surface area contributed by atoms with Crippen molar-refractivity contribution in [2.45, 2.75) is 75.7 Å². The number of carbonyl (C=O) groups excluding carboxylic acids is 3. The van der Waals surface area contributed by atoms with Crippen LogP contribution in [0.15, 0.2) is 97.2 Å². The monoisotopic (exact) mass is 772 g/mol. The van der Waals surface area contributed by atoms with E-state index in [0.29, 0.717) is 35.7 Å². The summed E-state index contributed by atoms with van der Waals surface area (Å²) < 4.78 is 12.6. The number of carbonyl (C=O) groups is 3. The number of nitrogens with one attached hydrogen (secondary N) is 2. The Hall–Kier alpha value is -5.27. The lowest BCUT2D eigenvalue weighted by Crippen LogP contribution is -2.48. The molecule has 1 saturated heterocycles. The largest absolute Gasteiger partial charge is 0.497 e. The van der Waals surface area contributed by atoms with E-state index < -0.39 is 31.5 Å². The molecule has 11 nitrogen and oxygen atoms in total. The summed E-state index contributed by atoms with van der Waals surface area (Å²) in [5, 5.41) is 14.3. The number of aromatic nitrogens is 1. The first-order valence-electron chi connectivity index (χ1n) is 19.2. The van der Waals surface area contributed by atoms with Crippen molar-refractivity contribution in [1.82, 2.24) is 9.88 Å². The quantitative estimate of drug-likeness (QED) is 0.127. The second-order valence-corrected chi connectivity index (χ2v) is 19.9. The summed E-state index contributed by atoms with van der Waals surface area (Å²) in [4.78, 5) is 60.7. The Labute approximate surface area is 327 Å². The molecule has 5 atom stereocenters. The van der Waals surface area contributed by atoms with E-state index in [9.17, 15) is 19.5 Å². The number of aromatic amines is 1. The molecule has 1 spiro atoms. The van der Waals surface area contributed by atoms with E-state index in [-0.39, 0.29) is 49.8 Å². The molecule has 5 aromatic rings. The molecule has 4 heterocycles. The molecule has 3 amide bonds. The van der Waals surface area contributed by atoms with Crippen LogP contribution in [-0.4, -0.2) is 71.7 Å². The summed E-state index contributed by atoms with van der Waals surface area (Å²) in [6.07, 6.45) is 1.86. The molecule has 4 N–H and O–H groups in total. The summed E-state index contributed by atoms with van der Waals surface area (Å²) in [7, 11) is -1.48. The zero-order valence-corrected chi connectivity index (χ0v) is 33.1. The number of nitrogens with zero attached hydrogens (tertiary/aromatic N) is 2. The van der Waals surface area contributed by atoms with Crippen LogP contribution >= 0.6 is 0 Å². The molecule has 1 aromatic heterocycles. The molecule has 0 radical (unpaired) electrons. The van der Waals surface area contributed by atoms with Crippen molar-refractivity contribution in [3.63, 3.8) is 0 Å². The number of fused-ring (bicyclic) bond motifs is 4. The standard InChI is InChI=1S/C44H48N4O7Si/c1-27-42(56(3,4)53)39(22-41(51)47-25-30-10-6-5-9-29(30)19-33(47)26-49)55-44(27)36-21-34(54-2)17-18-38(36)48(43(44)52)24-28-13-15-32(16-14-28)46-40(50)20-31-23-45-37-12-8-7-11-35(31)37/h5-18,21,23,27,33,39,42,45,49,53H,19-20,22,24-26H2,1-4H3,(H,46,50)/t27-,33+,39+,42-,44+/m1/s1. The summed E-state index contributed by atoms with van der Waals surface area (Å²) in [5.41, 5.74) is 4.96. The predicted octanol–water partition coefficient (Wildman–Crippen LogP) is 6.04. The SMILES string of the molecule is COc1ccc2c(c1)[C@]1(O[C@@H](CC(=O)N3Cc4ccccc4C[C@H]3CO)[C@H]([Si](C)(C)O)[C@H]1C)C(=O)N2Cc1ccc(NC(=O)Cc2c[nH]c3ccccc23)cc1. The van der Waals surface area contributed by atoms with Gasteiger partial charge in [0.2, 0.25) is 11.8 Å². The Bertz CT molecular complexity index is 2300. The summed E-state index contributed by atoms with van der Waals surface area (Å²) in [6, 6.07) is 28.4. The van der Waals surface area contributed by atoms with E-state index in [0.717, 1.165) is 33.2 Å². The Morgan fingerprint density at radius 3 is 2.48 bits per heavy atom. The van der Waals surface area contributed by atoms with Gasteiger partial charge in [0.05, 0.1) is 50.9 Å². The summed E-state index contributed by atoms with van der Waals surface area (Å²) in [6.45, 7) is 6.07. The second kappa shape index (κ2) is 14.7. The highest BCUT2D eigenvalue weighted by atomic mass is 28.4. The number of aliphatic hydroxyl groups excluding tert-OH is 1. The van der Waals surface area contributed by atoms with E-state index in [4.69, 9.17) is 9.47 Å². The lowest BCUT2D eigenvalue weighted by atomic mass is 9.82. The lowest BCUT2D eigenvalue weighted by molar-refractivity contribution is -0.151. The first-order valence-corrected chi connectivity index (χ1v) is 22.2. The third kappa shape index (κ3) is 6.60. The van der Waals surface area contributed by atoms with Gasteiger partial charge in [-0.15, -0.1) is 0 Å². The predicted molar refractivity (Wildman–Crippen MR) is 217 cm³/mol. The van der Waals surface area contributed by atoms with Gasteiger partial charge in [-0.2, -0.15) is 0 Å². The van der Waals surface area contributed by atoms with Gasteiger partial charge in [-0.05, 0) is 78.2 Å².